The maximum atomic E-state index is 5.85. The van der Waals surface area contributed by atoms with Crippen molar-refractivity contribution in [3.63, 3.8) is 0 Å². The van der Waals surface area contributed by atoms with Crippen LogP contribution in [0.3, 0.4) is 0 Å². The van der Waals surface area contributed by atoms with E-state index in [1.807, 2.05) is 19.3 Å². The van der Waals surface area contributed by atoms with Crippen LogP contribution in [0.1, 0.15) is 38.1 Å². The van der Waals surface area contributed by atoms with Gasteiger partial charge in [-0.05, 0) is 33.6 Å². The molecule has 0 saturated carbocycles. The number of aromatic nitrogens is 2. The average Bonchev–Trinajstić information content (AvgIpc) is 2.49. The van der Waals surface area contributed by atoms with Crippen LogP contribution in [0.2, 0.25) is 0 Å². The Hall–Kier alpha value is -1.04. The highest BCUT2D eigenvalue weighted by Crippen LogP contribution is 2.22. The van der Waals surface area contributed by atoms with E-state index in [0.29, 0.717) is 18.2 Å². The molecule has 0 aliphatic carbocycles. The van der Waals surface area contributed by atoms with Crippen molar-refractivity contribution in [3.8, 4) is 0 Å². The summed E-state index contributed by atoms with van der Waals surface area (Å²) in [5.41, 5.74) is 2.07. The van der Waals surface area contributed by atoms with Crippen LogP contribution in [0, 0.1) is 6.92 Å². The van der Waals surface area contributed by atoms with Crippen molar-refractivity contribution in [1.29, 1.82) is 0 Å². The monoisotopic (exact) mass is 304 g/mol. The highest BCUT2D eigenvalue weighted by molar-refractivity contribution is 5.01. The smallest absolute Gasteiger partial charge is 0.0727 e. The zero-order chi connectivity index (χ0) is 15.5. The molecule has 0 aromatic carbocycles. The van der Waals surface area contributed by atoms with Gasteiger partial charge in [-0.2, -0.15) is 0 Å². The van der Waals surface area contributed by atoms with Gasteiger partial charge in [-0.3, -0.25) is 19.8 Å². The fourth-order valence-electron chi connectivity index (χ4n) is 3.69. The first-order valence-electron chi connectivity index (χ1n) is 8.49. The lowest BCUT2D eigenvalue weighted by atomic mass is 10.0. The van der Waals surface area contributed by atoms with E-state index < -0.39 is 0 Å². The minimum atomic E-state index is 0.365. The van der Waals surface area contributed by atoms with Gasteiger partial charge < -0.3 is 4.74 Å². The molecule has 5 nitrogen and oxygen atoms in total. The lowest BCUT2D eigenvalue weighted by Crippen LogP contribution is -2.53. The molecule has 22 heavy (non-hydrogen) atoms. The molecule has 2 aliphatic rings. The summed E-state index contributed by atoms with van der Waals surface area (Å²) in [6.07, 6.45) is 7.00. The SMILES string of the molecule is Cc1cnc(CN2CCC(N3C[C@@H](C)O[C@@H](C)C3)CC2)cn1. The molecule has 2 aliphatic heterocycles. The van der Waals surface area contributed by atoms with E-state index in [4.69, 9.17) is 4.74 Å². The third-order valence-corrected chi connectivity index (χ3v) is 4.74. The molecular formula is C17H28N4O. The van der Waals surface area contributed by atoms with Crippen molar-refractivity contribution in [2.45, 2.75) is 58.4 Å². The molecule has 0 radical (unpaired) electrons. The molecule has 0 bridgehead atoms. The minimum Gasteiger partial charge on any atom is -0.373 e. The van der Waals surface area contributed by atoms with Gasteiger partial charge in [0.25, 0.3) is 0 Å². The summed E-state index contributed by atoms with van der Waals surface area (Å²) >= 11 is 0. The van der Waals surface area contributed by atoms with Crippen molar-refractivity contribution in [2.75, 3.05) is 26.2 Å². The van der Waals surface area contributed by atoms with Crippen LogP contribution in [0.15, 0.2) is 12.4 Å². The van der Waals surface area contributed by atoms with Crippen molar-refractivity contribution in [3.05, 3.63) is 23.8 Å². The number of likely N-dealkylation sites (tertiary alicyclic amines) is 1. The van der Waals surface area contributed by atoms with E-state index in [0.717, 1.165) is 44.1 Å². The maximum Gasteiger partial charge on any atom is 0.0727 e. The molecule has 3 rings (SSSR count). The molecule has 122 valence electrons. The number of nitrogens with zero attached hydrogens (tertiary/aromatic N) is 4. The van der Waals surface area contributed by atoms with E-state index in [2.05, 4.69) is 33.6 Å². The quantitative estimate of drug-likeness (QED) is 0.852. The number of hydrogen-bond acceptors (Lipinski definition) is 5. The van der Waals surface area contributed by atoms with Crippen molar-refractivity contribution >= 4 is 0 Å². The third kappa shape index (κ3) is 4.03. The third-order valence-electron chi connectivity index (χ3n) is 4.74. The molecule has 2 fully saturated rings. The molecule has 3 heterocycles. The standard InChI is InChI=1S/C17H28N4O/c1-13-8-19-16(9-18-13)12-20-6-4-17(5-7-20)21-10-14(2)22-15(3)11-21/h8-9,14-15,17H,4-7,10-12H2,1-3H3/t14-,15+. The molecule has 0 spiro atoms. The first-order chi connectivity index (χ1) is 10.6. The second-order valence-corrected chi connectivity index (χ2v) is 6.87. The van der Waals surface area contributed by atoms with Gasteiger partial charge in [-0.1, -0.05) is 0 Å². The number of piperidine rings is 1. The number of rotatable bonds is 3. The van der Waals surface area contributed by atoms with Crippen LogP contribution in [0.25, 0.3) is 0 Å². The molecule has 5 heteroatoms. The highest BCUT2D eigenvalue weighted by Gasteiger charge is 2.30. The molecule has 0 amide bonds. The van der Waals surface area contributed by atoms with Gasteiger partial charge in [0.15, 0.2) is 0 Å². The van der Waals surface area contributed by atoms with Crippen LogP contribution in [-0.4, -0.2) is 64.2 Å². The predicted molar refractivity (Wildman–Crippen MR) is 86.7 cm³/mol. The van der Waals surface area contributed by atoms with Gasteiger partial charge in [-0.25, -0.2) is 0 Å². The Kier molecular flexibility index (Phi) is 5.06. The minimum absolute atomic E-state index is 0.365. The van der Waals surface area contributed by atoms with Crippen LogP contribution < -0.4 is 0 Å². The Bertz CT molecular complexity index is 460. The molecule has 1 aromatic rings. The van der Waals surface area contributed by atoms with Gasteiger partial charge >= 0.3 is 0 Å². The molecule has 2 saturated heterocycles. The second kappa shape index (κ2) is 7.02. The topological polar surface area (TPSA) is 41.5 Å². The van der Waals surface area contributed by atoms with E-state index in [-0.39, 0.29) is 0 Å². The first kappa shape index (κ1) is 15.8. The normalized spacial score (nSPS) is 28.9. The average molecular weight is 304 g/mol. The Balaban J connectivity index is 1.48. The van der Waals surface area contributed by atoms with E-state index in [1.54, 1.807) is 0 Å². The van der Waals surface area contributed by atoms with Gasteiger partial charge in [-0.15, -0.1) is 0 Å². The predicted octanol–water partition coefficient (Wildman–Crippen LogP) is 1.86. The largest absolute Gasteiger partial charge is 0.373 e. The van der Waals surface area contributed by atoms with Crippen LogP contribution >= 0.6 is 0 Å². The van der Waals surface area contributed by atoms with Crippen LogP contribution in [0.4, 0.5) is 0 Å². The number of hydrogen-bond donors (Lipinski definition) is 0. The fourth-order valence-corrected chi connectivity index (χ4v) is 3.69. The first-order valence-corrected chi connectivity index (χ1v) is 8.49. The van der Waals surface area contributed by atoms with Crippen molar-refractivity contribution in [1.82, 2.24) is 19.8 Å². The second-order valence-electron chi connectivity index (χ2n) is 6.87. The lowest BCUT2D eigenvalue weighted by Gasteiger charge is -2.43. The number of aryl methyl sites for hydroxylation is 1. The fraction of sp³-hybridized carbons (Fsp3) is 0.765. The Morgan fingerprint density at radius 2 is 1.77 bits per heavy atom. The molecule has 1 aromatic heterocycles. The summed E-state index contributed by atoms with van der Waals surface area (Å²) < 4.78 is 5.85. The highest BCUT2D eigenvalue weighted by atomic mass is 16.5. The molecule has 0 unspecified atom stereocenters. The summed E-state index contributed by atoms with van der Waals surface area (Å²) in [6.45, 7) is 11.8. The summed E-state index contributed by atoms with van der Waals surface area (Å²) in [5.74, 6) is 0. The summed E-state index contributed by atoms with van der Waals surface area (Å²) in [4.78, 5) is 14.0. The Labute approximate surface area is 133 Å². The van der Waals surface area contributed by atoms with Gasteiger partial charge in [0.2, 0.25) is 0 Å². The Morgan fingerprint density at radius 1 is 1.09 bits per heavy atom. The van der Waals surface area contributed by atoms with E-state index >= 15 is 0 Å². The molecular weight excluding hydrogens is 276 g/mol. The Morgan fingerprint density at radius 3 is 2.36 bits per heavy atom. The zero-order valence-corrected chi connectivity index (χ0v) is 14.0. The van der Waals surface area contributed by atoms with Gasteiger partial charge in [0.1, 0.15) is 0 Å². The molecule has 2 atom stereocenters. The number of morpholine rings is 1. The van der Waals surface area contributed by atoms with Crippen molar-refractivity contribution in [2.24, 2.45) is 0 Å². The van der Waals surface area contributed by atoms with Gasteiger partial charge in [0, 0.05) is 51.2 Å². The summed E-state index contributed by atoms with van der Waals surface area (Å²) in [6, 6.07) is 0.717. The lowest BCUT2D eigenvalue weighted by molar-refractivity contribution is -0.0866. The van der Waals surface area contributed by atoms with Crippen molar-refractivity contribution < 1.29 is 4.74 Å². The van der Waals surface area contributed by atoms with Crippen LogP contribution in [0.5, 0.6) is 0 Å². The van der Waals surface area contributed by atoms with Crippen LogP contribution in [-0.2, 0) is 11.3 Å². The van der Waals surface area contributed by atoms with Gasteiger partial charge in [0.05, 0.1) is 23.6 Å². The molecule has 0 N–H and O–H groups in total. The zero-order valence-electron chi connectivity index (χ0n) is 14.0. The van der Waals surface area contributed by atoms with E-state index in [9.17, 15) is 0 Å². The summed E-state index contributed by atoms with van der Waals surface area (Å²) in [7, 11) is 0. The number of ether oxygens (including phenoxy) is 1. The van der Waals surface area contributed by atoms with E-state index in [1.165, 1.54) is 12.8 Å². The summed E-state index contributed by atoms with van der Waals surface area (Å²) in [5, 5.41) is 0. The maximum absolute atomic E-state index is 5.85.